The van der Waals surface area contributed by atoms with Gasteiger partial charge >= 0.3 is 0 Å². The standard InChI is InChI=1S/C7H12F2/c1-4(2)5-3-6(5)7(8)9/h4-7H,3H2,1-2H3/t5-,6+/m1/s1. The van der Waals surface area contributed by atoms with Crippen molar-refractivity contribution >= 4 is 0 Å². The van der Waals surface area contributed by atoms with Crippen LogP contribution in [0.1, 0.15) is 20.3 Å². The topological polar surface area (TPSA) is 0 Å². The summed E-state index contributed by atoms with van der Waals surface area (Å²) in [6, 6.07) is 0. The molecule has 0 aromatic heterocycles. The molecule has 0 saturated heterocycles. The molecule has 54 valence electrons. The first-order valence-corrected chi connectivity index (χ1v) is 3.41. The Morgan fingerprint density at radius 3 is 1.89 bits per heavy atom. The van der Waals surface area contributed by atoms with E-state index in [4.69, 9.17) is 0 Å². The zero-order valence-corrected chi connectivity index (χ0v) is 5.77. The summed E-state index contributed by atoms with van der Waals surface area (Å²) in [5.41, 5.74) is 0. The molecule has 0 spiro atoms. The maximum absolute atomic E-state index is 11.8. The largest absolute Gasteiger partial charge is 0.241 e. The van der Waals surface area contributed by atoms with Crippen LogP contribution in [-0.2, 0) is 0 Å². The Morgan fingerprint density at radius 2 is 1.78 bits per heavy atom. The van der Waals surface area contributed by atoms with Crippen molar-refractivity contribution in [3.63, 3.8) is 0 Å². The molecular weight excluding hydrogens is 122 g/mol. The third kappa shape index (κ3) is 1.41. The molecule has 1 saturated carbocycles. The molecule has 2 heteroatoms. The van der Waals surface area contributed by atoms with Gasteiger partial charge in [0.1, 0.15) is 0 Å². The van der Waals surface area contributed by atoms with Gasteiger partial charge in [0, 0.05) is 5.92 Å². The number of alkyl halides is 2. The Labute approximate surface area is 54.3 Å². The normalized spacial score (nSPS) is 34.0. The first kappa shape index (κ1) is 6.97. The van der Waals surface area contributed by atoms with Crippen LogP contribution in [0.3, 0.4) is 0 Å². The van der Waals surface area contributed by atoms with Gasteiger partial charge in [-0.3, -0.25) is 0 Å². The molecule has 9 heavy (non-hydrogen) atoms. The molecule has 0 aromatic rings. The average Bonchev–Trinajstić information content (AvgIpc) is 2.39. The molecule has 0 radical (unpaired) electrons. The molecule has 0 amide bonds. The molecule has 1 fully saturated rings. The Balaban J connectivity index is 2.24. The van der Waals surface area contributed by atoms with Crippen LogP contribution >= 0.6 is 0 Å². The highest BCUT2D eigenvalue weighted by Gasteiger charge is 2.45. The summed E-state index contributed by atoms with van der Waals surface area (Å²) in [4.78, 5) is 0. The predicted octanol–water partition coefficient (Wildman–Crippen LogP) is 2.54. The number of halogens is 2. The van der Waals surface area contributed by atoms with Gasteiger partial charge in [-0.05, 0) is 18.3 Å². The van der Waals surface area contributed by atoms with E-state index in [1.807, 2.05) is 13.8 Å². The molecular formula is C7H12F2. The molecule has 0 N–H and O–H groups in total. The first-order valence-electron chi connectivity index (χ1n) is 3.41. The number of hydrogen-bond acceptors (Lipinski definition) is 0. The van der Waals surface area contributed by atoms with Crippen LogP contribution < -0.4 is 0 Å². The minimum absolute atomic E-state index is 0.273. The summed E-state index contributed by atoms with van der Waals surface area (Å²) >= 11 is 0. The predicted molar refractivity (Wildman–Crippen MR) is 32.4 cm³/mol. The fourth-order valence-corrected chi connectivity index (χ4v) is 1.29. The molecule has 0 heterocycles. The monoisotopic (exact) mass is 134 g/mol. The van der Waals surface area contributed by atoms with Crippen LogP contribution in [0.2, 0.25) is 0 Å². The number of rotatable bonds is 2. The van der Waals surface area contributed by atoms with Crippen LogP contribution in [-0.4, -0.2) is 6.43 Å². The van der Waals surface area contributed by atoms with Crippen LogP contribution in [0.4, 0.5) is 8.78 Å². The first-order chi connectivity index (χ1) is 4.13. The van der Waals surface area contributed by atoms with E-state index in [1.165, 1.54) is 0 Å². The van der Waals surface area contributed by atoms with E-state index in [9.17, 15) is 8.78 Å². The fraction of sp³-hybridized carbons (Fsp3) is 1.00. The second kappa shape index (κ2) is 2.24. The lowest BCUT2D eigenvalue weighted by Gasteiger charge is -2.00. The van der Waals surface area contributed by atoms with Crippen molar-refractivity contribution in [3.05, 3.63) is 0 Å². The van der Waals surface area contributed by atoms with Crippen molar-refractivity contribution in [2.45, 2.75) is 26.7 Å². The molecule has 0 nitrogen and oxygen atoms in total. The summed E-state index contributed by atoms with van der Waals surface area (Å²) in [6.45, 7) is 4.01. The van der Waals surface area contributed by atoms with Crippen molar-refractivity contribution < 1.29 is 8.78 Å². The van der Waals surface area contributed by atoms with E-state index >= 15 is 0 Å². The second-order valence-electron chi connectivity index (χ2n) is 3.14. The quantitative estimate of drug-likeness (QED) is 0.544. The van der Waals surface area contributed by atoms with Crippen molar-refractivity contribution in [1.29, 1.82) is 0 Å². The van der Waals surface area contributed by atoms with E-state index in [0.29, 0.717) is 11.8 Å². The van der Waals surface area contributed by atoms with E-state index in [-0.39, 0.29) is 5.92 Å². The molecule has 0 aromatic carbocycles. The molecule has 1 aliphatic carbocycles. The molecule has 0 bridgehead atoms. The third-order valence-corrected chi connectivity index (χ3v) is 2.07. The van der Waals surface area contributed by atoms with Crippen molar-refractivity contribution in [2.75, 3.05) is 0 Å². The van der Waals surface area contributed by atoms with Gasteiger partial charge in [-0.1, -0.05) is 13.8 Å². The van der Waals surface area contributed by atoms with Crippen LogP contribution in [0, 0.1) is 17.8 Å². The van der Waals surface area contributed by atoms with Crippen LogP contribution in [0.15, 0.2) is 0 Å². The van der Waals surface area contributed by atoms with E-state index in [0.717, 1.165) is 6.42 Å². The van der Waals surface area contributed by atoms with E-state index in [2.05, 4.69) is 0 Å². The molecule has 1 rings (SSSR count). The van der Waals surface area contributed by atoms with Crippen molar-refractivity contribution in [2.24, 2.45) is 17.8 Å². The van der Waals surface area contributed by atoms with Gasteiger partial charge in [0.15, 0.2) is 0 Å². The second-order valence-corrected chi connectivity index (χ2v) is 3.14. The SMILES string of the molecule is CC(C)[C@H]1C[C@@H]1C(F)F. The molecule has 1 aliphatic rings. The smallest absolute Gasteiger partial charge is 0.210 e. The zero-order chi connectivity index (χ0) is 7.02. The maximum atomic E-state index is 11.8. The molecule has 2 atom stereocenters. The third-order valence-electron chi connectivity index (χ3n) is 2.07. The summed E-state index contributed by atoms with van der Waals surface area (Å²) < 4.78 is 23.7. The lowest BCUT2D eigenvalue weighted by Crippen LogP contribution is -1.99. The Bertz CT molecular complexity index is 87.1. The minimum atomic E-state index is -2.07. The van der Waals surface area contributed by atoms with Gasteiger partial charge in [0.05, 0.1) is 0 Å². The van der Waals surface area contributed by atoms with Gasteiger partial charge in [0.2, 0.25) is 6.43 Å². The average molecular weight is 134 g/mol. The summed E-state index contributed by atoms with van der Waals surface area (Å²) in [6.07, 6.45) is -1.33. The minimum Gasteiger partial charge on any atom is -0.210 e. The maximum Gasteiger partial charge on any atom is 0.241 e. The Morgan fingerprint density at radius 1 is 1.22 bits per heavy atom. The highest BCUT2D eigenvalue weighted by atomic mass is 19.3. The van der Waals surface area contributed by atoms with Crippen LogP contribution in [0.25, 0.3) is 0 Å². The van der Waals surface area contributed by atoms with E-state index in [1.54, 1.807) is 0 Å². The van der Waals surface area contributed by atoms with Gasteiger partial charge in [-0.2, -0.15) is 0 Å². The van der Waals surface area contributed by atoms with Gasteiger partial charge in [0.25, 0.3) is 0 Å². The molecule has 0 aliphatic heterocycles. The van der Waals surface area contributed by atoms with E-state index < -0.39 is 6.43 Å². The Kier molecular flexibility index (Phi) is 1.73. The Hall–Kier alpha value is -0.140. The highest BCUT2D eigenvalue weighted by molar-refractivity contribution is 4.89. The van der Waals surface area contributed by atoms with Gasteiger partial charge in [-0.15, -0.1) is 0 Å². The summed E-state index contributed by atoms with van der Waals surface area (Å²) in [5.74, 6) is 0.485. The van der Waals surface area contributed by atoms with Gasteiger partial charge < -0.3 is 0 Å². The van der Waals surface area contributed by atoms with Crippen molar-refractivity contribution in [3.8, 4) is 0 Å². The lowest BCUT2D eigenvalue weighted by molar-refractivity contribution is 0.112. The van der Waals surface area contributed by atoms with Crippen molar-refractivity contribution in [1.82, 2.24) is 0 Å². The number of hydrogen-bond donors (Lipinski definition) is 0. The highest BCUT2D eigenvalue weighted by Crippen LogP contribution is 2.47. The molecule has 0 unspecified atom stereocenters. The van der Waals surface area contributed by atoms with Gasteiger partial charge in [-0.25, -0.2) is 8.78 Å². The summed E-state index contributed by atoms with van der Waals surface area (Å²) in [5, 5.41) is 0. The summed E-state index contributed by atoms with van der Waals surface area (Å²) in [7, 11) is 0. The lowest BCUT2D eigenvalue weighted by atomic mass is 10.1. The zero-order valence-electron chi connectivity index (χ0n) is 5.77. The fourth-order valence-electron chi connectivity index (χ4n) is 1.29. The van der Waals surface area contributed by atoms with Crippen LogP contribution in [0.5, 0.6) is 0 Å².